The Morgan fingerprint density at radius 2 is 1.46 bits per heavy atom. The highest BCUT2D eigenvalue weighted by molar-refractivity contribution is 6.37. The number of fused-ring (bicyclic) bond motifs is 1. The standard InChI is InChI=1S/C24H21NO/c1-17(2)19-14-12-18(13-15-19)16-22-21-10-6-7-11-23(21)25(24(22)26)20-8-4-3-5-9-20/h3-17H,1-2H3/b22-16+. The van der Waals surface area contributed by atoms with E-state index >= 15 is 0 Å². The number of amides is 1. The van der Waals surface area contributed by atoms with Gasteiger partial charge in [0.25, 0.3) is 5.91 Å². The van der Waals surface area contributed by atoms with Gasteiger partial charge in [-0.05, 0) is 41.3 Å². The average molecular weight is 339 g/mol. The molecule has 1 aliphatic rings. The number of carbonyl (C=O) groups is 1. The molecular formula is C24H21NO. The number of rotatable bonds is 3. The summed E-state index contributed by atoms with van der Waals surface area (Å²) < 4.78 is 0. The van der Waals surface area contributed by atoms with Gasteiger partial charge in [0.1, 0.15) is 0 Å². The molecule has 3 aromatic rings. The van der Waals surface area contributed by atoms with Gasteiger partial charge < -0.3 is 0 Å². The first kappa shape index (κ1) is 16.3. The Balaban J connectivity index is 1.79. The Hall–Kier alpha value is -3.13. The van der Waals surface area contributed by atoms with Crippen LogP contribution in [0.1, 0.15) is 36.5 Å². The summed E-state index contributed by atoms with van der Waals surface area (Å²) >= 11 is 0. The first-order valence-corrected chi connectivity index (χ1v) is 8.96. The molecule has 0 unspecified atom stereocenters. The van der Waals surface area contributed by atoms with E-state index in [1.807, 2.05) is 60.7 Å². The largest absolute Gasteiger partial charge is 0.276 e. The zero-order valence-electron chi connectivity index (χ0n) is 15.0. The smallest absolute Gasteiger partial charge is 0.263 e. The van der Waals surface area contributed by atoms with Crippen molar-refractivity contribution < 1.29 is 4.79 Å². The van der Waals surface area contributed by atoms with Crippen molar-refractivity contribution in [2.75, 3.05) is 4.90 Å². The fourth-order valence-corrected chi connectivity index (χ4v) is 3.36. The second-order valence-corrected chi connectivity index (χ2v) is 6.87. The molecule has 0 aliphatic carbocycles. The molecule has 128 valence electrons. The molecule has 2 nitrogen and oxygen atoms in total. The highest BCUT2D eigenvalue weighted by Gasteiger charge is 2.32. The Morgan fingerprint density at radius 3 is 2.15 bits per heavy atom. The van der Waals surface area contributed by atoms with Crippen molar-refractivity contribution in [2.45, 2.75) is 19.8 Å². The fourth-order valence-electron chi connectivity index (χ4n) is 3.36. The first-order chi connectivity index (χ1) is 12.6. The molecule has 1 heterocycles. The lowest BCUT2D eigenvalue weighted by atomic mass is 9.99. The second-order valence-electron chi connectivity index (χ2n) is 6.87. The van der Waals surface area contributed by atoms with Gasteiger partial charge >= 0.3 is 0 Å². The summed E-state index contributed by atoms with van der Waals surface area (Å²) in [5.41, 5.74) is 5.90. The summed E-state index contributed by atoms with van der Waals surface area (Å²) in [7, 11) is 0. The van der Waals surface area contributed by atoms with Crippen molar-refractivity contribution in [1.82, 2.24) is 0 Å². The Morgan fingerprint density at radius 1 is 0.808 bits per heavy atom. The molecule has 26 heavy (non-hydrogen) atoms. The predicted octanol–water partition coefficient (Wildman–Crippen LogP) is 6.03. The molecule has 0 fully saturated rings. The van der Waals surface area contributed by atoms with Gasteiger partial charge in [-0.3, -0.25) is 9.69 Å². The van der Waals surface area contributed by atoms with E-state index in [-0.39, 0.29) is 5.91 Å². The zero-order chi connectivity index (χ0) is 18.1. The van der Waals surface area contributed by atoms with Gasteiger partial charge in [-0.25, -0.2) is 0 Å². The molecule has 1 aliphatic heterocycles. The summed E-state index contributed by atoms with van der Waals surface area (Å²) in [6, 6.07) is 26.2. The van der Waals surface area contributed by atoms with Gasteiger partial charge in [0.2, 0.25) is 0 Å². The van der Waals surface area contributed by atoms with Crippen LogP contribution in [-0.4, -0.2) is 5.91 Å². The van der Waals surface area contributed by atoms with Crippen molar-refractivity contribution in [1.29, 1.82) is 0 Å². The molecule has 1 amide bonds. The molecule has 0 radical (unpaired) electrons. The molecule has 3 aromatic carbocycles. The van der Waals surface area contributed by atoms with Gasteiger partial charge in [-0.15, -0.1) is 0 Å². The van der Waals surface area contributed by atoms with Crippen LogP contribution in [0.15, 0.2) is 78.9 Å². The average Bonchev–Trinajstić information content (AvgIpc) is 2.95. The van der Waals surface area contributed by atoms with Crippen molar-refractivity contribution >= 4 is 28.9 Å². The topological polar surface area (TPSA) is 20.3 Å². The maximum absolute atomic E-state index is 13.2. The van der Waals surface area contributed by atoms with E-state index in [2.05, 4.69) is 38.1 Å². The Labute approximate surface area is 154 Å². The fraction of sp³-hybridized carbons (Fsp3) is 0.125. The molecule has 0 atom stereocenters. The zero-order valence-corrected chi connectivity index (χ0v) is 15.0. The van der Waals surface area contributed by atoms with E-state index in [0.29, 0.717) is 5.92 Å². The van der Waals surface area contributed by atoms with Crippen LogP contribution >= 0.6 is 0 Å². The number of hydrogen-bond acceptors (Lipinski definition) is 1. The van der Waals surface area contributed by atoms with Gasteiger partial charge in [0, 0.05) is 11.3 Å². The van der Waals surface area contributed by atoms with Crippen LogP contribution in [0.5, 0.6) is 0 Å². The predicted molar refractivity (Wildman–Crippen MR) is 108 cm³/mol. The molecular weight excluding hydrogens is 318 g/mol. The van der Waals surface area contributed by atoms with E-state index < -0.39 is 0 Å². The SMILES string of the molecule is CC(C)c1ccc(/C=C2/C(=O)N(c3ccccc3)c3ccccc32)cc1. The lowest BCUT2D eigenvalue weighted by Crippen LogP contribution is -2.20. The van der Waals surface area contributed by atoms with Gasteiger partial charge in [0.15, 0.2) is 0 Å². The van der Waals surface area contributed by atoms with Crippen LogP contribution in [0, 0.1) is 0 Å². The number of para-hydroxylation sites is 2. The highest BCUT2D eigenvalue weighted by Crippen LogP contribution is 2.41. The van der Waals surface area contributed by atoms with Crippen LogP contribution in [0.2, 0.25) is 0 Å². The molecule has 2 heteroatoms. The third-order valence-corrected chi connectivity index (χ3v) is 4.80. The molecule has 0 aromatic heterocycles. The molecule has 4 rings (SSSR count). The Bertz CT molecular complexity index is 969. The summed E-state index contributed by atoms with van der Waals surface area (Å²) in [4.78, 5) is 15.0. The minimum absolute atomic E-state index is 0.0188. The molecule has 0 saturated heterocycles. The number of benzene rings is 3. The van der Waals surface area contributed by atoms with Gasteiger partial charge in [-0.2, -0.15) is 0 Å². The number of carbonyl (C=O) groups excluding carboxylic acids is 1. The lowest BCUT2D eigenvalue weighted by molar-refractivity contribution is -0.112. The van der Waals surface area contributed by atoms with E-state index in [1.165, 1.54) is 5.56 Å². The van der Waals surface area contributed by atoms with Gasteiger partial charge in [-0.1, -0.05) is 74.5 Å². The van der Waals surface area contributed by atoms with Crippen molar-refractivity contribution in [3.63, 3.8) is 0 Å². The van der Waals surface area contributed by atoms with Crippen molar-refractivity contribution in [2.24, 2.45) is 0 Å². The van der Waals surface area contributed by atoms with Crippen LogP contribution < -0.4 is 4.90 Å². The monoisotopic (exact) mass is 339 g/mol. The maximum Gasteiger partial charge on any atom is 0.263 e. The molecule has 0 bridgehead atoms. The molecule has 0 saturated carbocycles. The van der Waals surface area contributed by atoms with Crippen molar-refractivity contribution in [3.05, 3.63) is 95.6 Å². The summed E-state index contributed by atoms with van der Waals surface area (Å²) in [6.07, 6.45) is 1.99. The minimum Gasteiger partial charge on any atom is -0.276 e. The van der Waals surface area contributed by atoms with E-state index in [1.54, 1.807) is 4.90 Å². The highest BCUT2D eigenvalue weighted by atomic mass is 16.2. The van der Waals surface area contributed by atoms with Crippen LogP contribution in [0.3, 0.4) is 0 Å². The summed E-state index contributed by atoms with van der Waals surface area (Å²) in [6.45, 7) is 4.36. The summed E-state index contributed by atoms with van der Waals surface area (Å²) in [5, 5.41) is 0. The third kappa shape index (κ3) is 2.84. The molecule has 0 spiro atoms. The van der Waals surface area contributed by atoms with E-state index in [0.717, 1.165) is 28.1 Å². The second kappa shape index (κ2) is 6.64. The molecule has 0 N–H and O–H groups in total. The van der Waals surface area contributed by atoms with E-state index in [9.17, 15) is 4.79 Å². The first-order valence-electron chi connectivity index (χ1n) is 8.96. The third-order valence-electron chi connectivity index (χ3n) is 4.80. The van der Waals surface area contributed by atoms with Crippen molar-refractivity contribution in [3.8, 4) is 0 Å². The normalized spacial score (nSPS) is 15.0. The van der Waals surface area contributed by atoms with Crippen LogP contribution in [-0.2, 0) is 4.79 Å². The lowest BCUT2D eigenvalue weighted by Gasteiger charge is -2.16. The summed E-state index contributed by atoms with van der Waals surface area (Å²) in [5.74, 6) is 0.518. The number of hydrogen-bond donors (Lipinski definition) is 0. The van der Waals surface area contributed by atoms with Gasteiger partial charge in [0.05, 0.1) is 11.3 Å². The minimum atomic E-state index is 0.0188. The van der Waals surface area contributed by atoms with E-state index in [4.69, 9.17) is 0 Å². The van der Waals surface area contributed by atoms with Crippen LogP contribution in [0.4, 0.5) is 11.4 Å². The number of anilines is 2. The van der Waals surface area contributed by atoms with Crippen LogP contribution in [0.25, 0.3) is 11.6 Å². The number of nitrogens with zero attached hydrogens (tertiary/aromatic N) is 1. The Kier molecular flexibility index (Phi) is 4.18. The maximum atomic E-state index is 13.2. The quantitative estimate of drug-likeness (QED) is 0.534.